The Labute approximate surface area is 117 Å². The minimum Gasteiger partial charge on any atom is -0.462 e. The molecule has 0 aromatic rings. The first kappa shape index (κ1) is 14.6. The van der Waals surface area contributed by atoms with E-state index in [1.165, 1.54) is 51.4 Å². The quantitative estimate of drug-likeness (QED) is 0.367. The van der Waals surface area contributed by atoms with E-state index in [0.717, 1.165) is 24.2 Å². The third kappa shape index (κ3) is 5.00. The summed E-state index contributed by atoms with van der Waals surface area (Å²) in [5, 5.41) is 0. The molecule has 3 unspecified atom stereocenters. The largest absolute Gasteiger partial charge is 0.462 e. The van der Waals surface area contributed by atoms with Crippen LogP contribution in [0.2, 0.25) is 0 Å². The highest BCUT2D eigenvalue weighted by atomic mass is 16.5. The lowest BCUT2D eigenvalue weighted by Crippen LogP contribution is -2.08. The molecule has 0 radical (unpaired) electrons. The summed E-state index contributed by atoms with van der Waals surface area (Å²) in [6.45, 7) is 5.82. The number of carbonyl (C=O) groups is 1. The van der Waals surface area contributed by atoms with Gasteiger partial charge in [0.25, 0.3) is 0 Å². The molecule has 19 heavy (non-hydrogen) atoms. The van der Waals surface area contributed by atoms with E-state index in [-0.39, 0.29) is 5.97 Å². The van der Waals surface area contributed by atoms with E-state index >= 15 is 0 Å². The summed E-state index contributed by atoms with van der Waals surface area (Å²) >= 11 is 0. The van der Waals surface area contributed by atoms with Crippen molar-refractivity contribution in [1.29, 1.82) is 0 Å². The van der Waals surface area contributed by atoms with Gasteiger partial charge in [0.05, 0.1) is 6.61 Å². The summed E-state index contributed by atoms with van der Waals surface area (Å²) in [6, 6.07) is 0. The molecule has 0 saturated heterocycles. The van der Waals surface area contributed by atoms with Gasteiger partial charge in [0.1, 0.15) is 0 Å². The smallest absolute Gasteiger partial charge is 0.333 e. The highest BCUT2D eigenvalue weighted by Crippen LogP contribution is 2.52. The number of carbonyl (C=O) groups excluding carboxylic acids is 1. The zero-order valence-electron chi connectivity index (χ0n) is 12.3. The summed E-state index contributed by atoms with van der Waals surface area (Å²) in [4.78, 5) is 11.2. The fourth-order valence-electron chi connectivity index (χ4n) is 3.39. The van der Waals surface area contributed by atoms with Gasteiger partial charge in [0.15, 0.2) is 0 Å². The summed E-state index contributed by atoms with van der Waals surface area (Å²) in [6.07, 6.45) is 12.3. The van der Waals surface area contributed by atoms with Crippen LogP contribution in [0, 0.1) is 17.8 Å². The number of hydrogen-bond donors (Lipinski definition) is 0. The number of unbranched alkanes of at least 4 members (excludes halogenated alkanes) is 3. The zero-order chi connectivity index (χ0) is 13.7. The Balaban J connectivity index is 1.40. The molecule has 0 heterocycles. The summed E-state index contributed by atoms with van der Waals surface area (Å²) < 4.78 is 5.08. The maximum Gasteiger partial charge on any atom is 0.333 e. The van der Waals surface area contributed by atoms with Crippen molar-refractivity contribution in [3.8, 4) is 0 Å². The van der Waals surface area contributed by atoms with E-state index < -0.39 is 0 Å². The lowest BCUT2D eigenvalue weighted by molar-refractivity contribution is -0.139. The van der Waals surface area contributed by atoms with Crippen LogP contribution in [0.15, 0.2) is 12.2 Å². The van der Waals surface area contributed by atoms with Crippen LogP contribution in [0.1, 0.15) is 64.7 Å². The van der Waals surface area contributed by atoms with Gasteiger partial charge in [0.2, 0.25) is 0 Å². The molecule has 3 atom stereocenters. The molecule has 0 amide bonds. The van der Waals surface area contributed by atoms with E-state index in [4.69, 9.17) is 4.74 Å². The fourth-order valence-corrected chi connectivity index (χ4v) is 3.39. The minimum atomic E-state index is -0.249. The number of esters is 1. The first-order valence-corrected chi connectivity index (χ1v) is 7.99. The van der Waals surface area contributed by atoms with Crippen molar-refractivity contribution >= 4 is 5.97 Å². The monoisotopic (exact) mass is 264 g/mol. The molecule has 0 N–H and O–H groups in total. The standard InChI is InChI=1S/C17H28O2/c1-13(2)17(18)19-10-6-4-3-5-7-14-8-9-15-12-16(15)11-14/h14-16H,1,3-12H2,2H3. The van der Waals surface area contributed by atoms with E-state index in [9.17, 15) is 4.79 Å². The van der Waals surface area contributed by atoms with Gasteiger partial charge in [-0.15, -0.1) is 0 Å². The predicted octanol–water partition coefficient (Wildman–Crippen LogP) is 4.49. The van der Waals surface area contributed by atoms with Crippen molar-refractivity contribution in [3.05, 3.63) is 12.2 Å². The van der Waals surface area contributed by atoms with Gasteiger partial charge in [-0.1, -0.05) is 38.7 Å². The average molecular weight is 264 g/mol. The minimum absolute atomic E-state index is 0.249. The van der Waals surface area contributed by atoms with Crippen molar-refractivity contribution in [3.63, 3.8) is 0 Å². The van der Waals surface area contributed by atoms with Crippen LogP contribution in [0.3, 0.4) is 0 Å². The fraction of sp³-hybridized carbons (Fsp3) is 0.824. The van der Waals surface area contributed by atoms with Crippen LogP contribution >= 0.6 is 0 Å². The molecule has 2 fully saturated rings. The second-order valence-electron chi connectivity index (χ2n) is 6.55. The average Bonchev–Trinajstić information content (AvgIpc) is 3.15. The second kappa shape index (κ2) is 7.12. The molecule has 108 valence electrons. The van der Waals surface area contributed by atoms with Gasteiger partial charge in [-0.2, -0.15) is 0 Å². The van der Waals surface area contributed by atoms with Crippen LogP contribution in [-0.2, 0) is 9.53 Å². The third-order valence-corrected chi connectivity index (χ3v) is 4.74. The maximum atomic E-state index is 11.2. The number of ether oxygens (including phenoxy) is 1. The molecule has 0 aromatic carbocycles. The van der Waals surface area contributed by atoms with Crippen LogP contribution < -0.4 is 0 Å². The van der Waals surface area contributed by atoms with E-state index in [1.807, 2.05) is 0 Å². The van der Waals surface area contributed by atoms with Crippen LogP contribution in [0.25, 0.3) is 0 Å². The Morgan fingerprint density at radius 3 is 2.63 bits per heavy atom. The van der Waals surface area contributed by atoms with Crippen molar-refractivity contribution in [2.75, 3.05) is 6.61 Å². The van der Waals surface area contributed by atoms with Crippen LogP contribution in [0.5, 0.6) is 0 Å². The van der Waals surface area contributed by atoms with Crippen LogP contribution in [0.4, 0.5) is 0 Å². The lowest BCUT2D eigenvalue weighted by Gasteiger charge is -2.20. The maximum absolute atomic E-state index is 11.2. The van der Waals surface area contributed by atoms with Gasteiger partial charge >= 0.3 is 5.97 Å². The van der Waals surface area contributed by atoms with Gasteiger partial charge in [0, 0.05) is 5.57 Å². The Bertz CT molecular complexity index is 321. The van der Waals surface area contributed by atoms with Gasteiger partial charge < -0.3 is 4.74 Å². The molecular formula is C17H28O2. The highest BCUT2D eigenvalue weighted by Gasteiger charge is 2.41. The Kier molecular flexibility index (Phi) is 5.47. The Morgan fingerprint density at radius 2 is 1.89 bits per heavy atom. The second-order valence-corrected chi connectivity index (χ2v) is 6.55. The molecule has 2 heteroatoms. The van der Waals surface area contributed by atoms with Crippen molar-refractivity contribution in [1.82, 2.24) is 0 Å². The Hall–Kier alpha value is -0.790. The molecular weight excluding hydrogens is 236 g/mol. The highest BCUT2D eigenvalue weighted by molar-refractivity contribution is 5.86. The molecule has 0 aliphatic heterocycles. The number of hydrogen-bond acceptors (Lipinski definition) is 2. The van der Waals surface area contributed by atoms with Crippen molar-refractivity contribution in [2.24, 2.45) is 17.8 Å². The number of rotatable bonds is 8. The molecule has 0 aromatic heterocycles. The molecule has 2 saturated carbocycles. The van der Waals surface area contributed by atoms with E-state index in [1.54, 1.807) is 6.92 Å². The lowest BCUT2D eigenvalue weighted by atomic mass is 9.85. The molecule has 0 bridgehead atoms. The van der Waals surface area contributed by atoms with Gasteiger partial charge in [-0.3, -0.25) is 0 Å². The summed E-state index contributed by atoms with van der Waals surface area (Å²) in [5.74, 6) is 3.01. The Morgan fingerprint density at radius 1 is 1.11 bits per heavy atom. The van der Waals surface area contributed by atoms with Gasteiger partial charge in [-0.05, 0) is 50.4 Å². The predicted molar refractivity (Wildman–Crippen MR) is 77.8 cm³/mol. The normalized spacial score (nSPS) is 28.6. The topological polar surface area (TPSA) is 26.3 Å². The molecule has 2 aliphatic carbocycles. The first-order valence-electron chi connectivity index (χ1n) is 7.99. The van der Waals surface area contributed by atoms with E-state index in [0.29, 0.717) is 12.2 Å². The zero-order valence-corrected chi connectivity index (χ0v) is 12.3. The molecule has 0 spiro atoms. The molecule has 2 aliphatic rings. The van der Waals surface area contributed by atoms with Crippen molar-refractivity contribution in [2.45, 2.75) is 64.7 Å². The summed E-state index contributed by atoms with van der Waals surface area (Å²) in [7, 11) is 0. The molecule has 2 nitrogen and oxygen atoms in total. The van der Waals surface area contributed by atoms with E-state index in [2.05, 4.69) is 6.58 Å². The SMILES string of the molecule is C=C(C)C(=O)OCCCCCCC1CCC2CC2C1. The van der Waals surface area contributed by atoms with Gasteiger partial charge in [-0.25, -0.2) is 4.79 Å². The van der Waals surface area contributed by atoms with Crippen LogP contribution in [-0.4, -0.2) is 12.6 Å². The summed E-state index contributed by atoms with van der Waals surface area (Å²) in [5.41, 5.74) is 0.496. The first-order chi connectivity index (χ1) is 9.16. The number of fused-ring (bicyclic) bond motifs is 1. The molecule has 2 rings (SSSR count). The third-order valence-electron chi connectivity index (χ3n) is 4.74. The van der Waals surface area contributed by atoms with Crippen molar-refractivity contribution < 1.29 is 9.53 Å².